The minimum Gasteiger partial charge on any atom is -0.545 e. The number of likely N-dealkylation sites (N-methyl/N-ethyl adjacent to an activating group) is 1. The first kappa shape index (κ1) is 72.2. The van der Waals surface area contributed by atoms with Crippen molar-refractivity contribution >= 4 is 17.9 Å². The third-order valence-corrected chi connectivity index (χ3v) is 13.1. The zero-order valence-corrected chi connectivity index (χ0v) is 49.6. The van der Waals surface area contributed by atoms with Gasteiger partial charge < -0.3 is 33.3 Å². The van der Waals surface area contributed by atoms with Crippen molar-refractivity contribution in [1.82, 2.24) is 0 Å². The van der Waals surface area contributed by atoms with Crippen LogP contribution in [-0.2, 0) is 33.3 Å². The van der Waals surface area contributed by atoms with Gasteiger partial charge in [-0.1, -0.05) is 259 Å². The normalized spacial score (nSPS) is 13.4. The van der Waals surface area contributed by atoms with Crippen LogP contribution >= 0.6 is 0 Å². The van der Waals surface area contributed by atoms with Gasteiger partial charge in [-0.05, 0) is 77.0 Å². The van der Waals surface area contributed by atoms with E-state index in [0.717, 1.165) is 96.3 Å². The molecule has 0 aliphatic heterocycles. The zero-order valence-electron chi connectivity index (χ0n) is 49.6. The summed E-state index contributed by atoms with van der Waals surface area (Å²) in [5, 5.41) is 11.8. The van der Waals surface area contributed by atoms with Crippen molar-refractivity contribution < 1.29 is 42.9 Å². The standard InChI is InChI=1S/C67H115NO8/c1-6-8-10-12-14-16-18-20-22-24-26-27-28-29-30-31-32-33-34-35-36-37-38-39-40-42-44-46-48-50-52-54-56-58-65(70)76-63(62-75-67(66(71)72)73-60-59-68(3,4)5)61-74-64(69)57-55-53-51-49-47-45-43-41-25-23-21-19-17-15-13-11-9-7-2/h8,10,14,16,20,22,26-27,29-30,32-33,35-36,38-39,63,67H,6-7,9,11-13,15,17-19,21,23-25,28,31,34,37,40-62H2,1-5H3/b10-8-,16-14-,22-20-,27-26-,30-29-,33-32-,36-35-,39-38-. The second kappa shape index (κ2) is 57.4. The van der Waals surface area contributed by atoms with Gasteiger partial charge in [0, 0.05) is 12.8 Å². The van der Waals surface area contributed by atoms with Crippen LogP contribution in [0.25, 0.3) is 0 Å². The number of ether oxygens (including phenoxy) is 4. The quantitative estimate of drug-likeness (QED) is 0.0195. The lowest BCUT2D eigenvalue weighted by Gasteiger charge is -2.26. The minimum absolute atomic E-state index is 0.143. The molecule has 0 rings (SSSR count). The van der Waals surface area contributed by atoms with Gasteiger partial charge in [-0.25, -0.2) is 0 Å². The molecule has 2 atom stereocenters. The molecule has 0 saturated heterocycles. The Kier molecular flexibility index (Phi) is 54.5. The summed E-state index contributed by atoms with van der Waals surface area (Å²) in [5.41, 5.74) is 0. The van der Waals surface area contributed by atoms with Gasteiger partial charge in [0.15, 0.2) is 12.4 Å². The molecule has 76 heavy (non-hydrogen) atoms. The fourth-order valence-corrected chi connectivity index (χ4v) is 8.38. The van der Waals surface area contributed by atoms with Crippen LogP contribution in [-0.4, -0.2) is 82.3 Å². The van der Waals surface area contributed by atoms with Crippen LogP contribution in [0.2, 0.25) is 0 Å². The number of unbranched alkanes of at least 4 members (excludes halogenated alkanes) is 25. The summed E-state index contributed by atoms with van der Waals surface area (Å²) >= 11 is 0. The third kappa shape index (κ3) is 57.9. The summed E-state index contributed by atoms with van der Waals surface area (Å²) in [4.78, 5) is 37.3. The van der Waals surface area contributed by atoms with E-state index in [-0.39, 0.29) is 38.6 Å². The van der Waals surface area contributed by atoms with E-state index in [4.69, 9.17) is 18.9 Å². The first-order valence-electron chi connectivity index (χ1n) is 30.9. The van der Waals surface area contributed by atoms with Crippen LogP contribution < -0.4 is 5.11 Å². The van der Waals surface area contributed by atoms with Gasteiger partial charge in [0.25, 0.3) is 0 Å². The fraction of sp³-hybridized carbons (Fsp3) is 0.716. The third-order valence-electron chi connectivity index (χ3n) is 13.1. The van der Waals surface area contributed by atoms with Gasteiger partial charge in [-0.15, -0.1) is 0 Å². The topological polar surface area (TPSA) is 111 Å². The second-order valence-corrected chi connectivity index (χ2v) is 21.6. The molecule has 0 saturated carbocycles. The Morgan fingerprint density at radius 3 is 1.12 bits per heavy atom. The van der Waals surface area contributed by atoms with E-state index in [9.17, 15) is 19.5 Å². The monoisotopic (exact) mass is 1060 g/mol. The summed E-state index contributed by atoms with van der Waals surface area (Å²) in [6.45, 7) is 4.64. The van der Waals surface area contributed by atoms with Gasteiger partial charge in [0.1, 0.15) is 13.2 Å². The van der Waals surface area contributed by atoms with E-state index in [1.807, 2.05) is 21.1 Å². The molecule has 0 spiro atoms. The van der Waals surface area contributed by atoms with Crippen LogP contribution in [0.5, 0.6) is 0 Å². The average molecular weight is 1060 g/mol. The SMILES string of the molecule is CC/C=C\C/C=C\C/C=C\C/C=C\C/C=C\C/C=C\C/C=C\C/C=C\CCCCCCCCCCC(=O)OC(COC(=O)CCCCCCCCCCCCCCCCCCCC)COC(OCC[N+](C)(C)C)C(=O)[O-]. The summed E-state index contributed by atoms with van der Waals surface area (Å²) in [5.74, 6) is -2.29. The lowest BCUT2D eigenvalue weighted by molar-refractivity contribution is -0.870. The molecule has 2 unspecified atom stereocenters. The van der Waals surface area contributed by atoms with E-state index in [0.29, 0.717) is 17.4 Å². The number of carboxylic acid groups (broad SMARTS) is 1. The number of rotatable bonds is 56. The summed E-state index contributed by atoms with van der Waals surface area (Å²) in [6, 6.07) is 0. The van der Waals surface area contributed by atoms with Crippen LogP contribution in [0.3, 0.4) is 0 Å². The van der Waals surface area contributed by atoms with E-state index < -0.39 is 24.3 Å². The molecular formula is C67H115NO8. The highest BCUT2D eigenvalue weighted by Crippen LogP contribution is 2.16. The van der Waals surface area contributed by atoms with Crippen molar-refractivity contribution in [2.45, 2.75) is 264 Å². The van der Waals surface area contributed by atoms with Crippen LogP contribution in [0.4, 0.5) is 0 Å². The van der Waals surface area contributed by atoms with Crippen molar-refractivity contribution in [2.24, 2.45) is 0 Å². The number of hydrogen-bond acceptors (Lipinski definition) is 8. The maximum Gasteiger partial charge on any atom is 0.306 e. The molecule has 0 radical (unpaired) electrons. The van der Waals surface area contributed by atoms with E-state index in [1.54, 1.807) is 0 Å². The zero-order chi connectivity index (χ0) is 55.5. The van der Waals surface area contributed by atoms with Crippen LogP contribution in [0.1, 0.15) is 251 Å². The van der Waals surface area contributed by atoms with Gasteiger partial charge in [0.2, 0.25) is 0 Å². The summed E-state index contributed by atoms with van der Waals surface area (Å²) < 4.78 is 22.7. The number of hydrogen-bond donors (Lipinski definition) is 0. The highest BCUT2D eigenvalue weighted by atomic mass is 16.7. The number of carbonyl (C=O) groups excluding carboxylic acids is 3. The maximum atomic E-state index is 12.9. The van der Waals surface area contributed by atoms with Gasteiger partial charge in [-0.3, -0.25) is 9.59 Å². The van der Waals surface area contributed by atoms with Crippen molar-refractivity contribution in [3.63, 3.8) is 0 Å². The Balaban J connectivity index is 4.23. The number of esters is 2. The van der Waals surface area contributed by atoms with Gasteiger partial charge in [-0.2, -0.15) is 0 Å². The van der Waals surface area contributed by atoms with Crippen LogP contribution in [0, 0.1) is 0 Å². The highest BCUT2D eigenvalue weighted by molar-refractivity contribution is 5.70. The van der Waals surface area contributed by atoms with Crippen molar-refractivity contribution in [3.05, 3.63) is 97.2 Å². The van der Waals surface area contributed by atoms with Crippen molar-refractivity contribution in [1.29, 1.82) is 0 Å². The number of quaternary nitrogens is 1. The predicted octanol–water partition coefficient (Wildman–Crippen LogP) is 17.2. The predicted molar refractivity (Wildman–Crippen MR) is 320 cm³/mol. The van der Waals surface area contributed by atoms with Crippen LogP contribution in [0.15, 0.2) is 97.2 Å². The Bertz CT molecular complexity index is 1570. The Labute approximate surface area is 467 Å². The van der Waals surface area contributed by atoms with E-state index >= 15 is 0 Å². The van der Waals surface area contributed by atoms with Crippen molar-refractivity contribution in [3.8, 4) is 0 Å². The smallest absolute Gasteiger partial charge is 0.306 e. The molecule has 0 amide bonds. The fourth-order valence-electron chi connectivity index (χ4n) is 8.38. The highest BCUT2D eigenvalue weighted by Gasteiger charge is 2.22. The lowest BCUT2D eigenvalue weighted by atomic mass is 10.0. The average Bonchev–Trinajstić information content (AvgIpc) is 3.39. The molecule has 0 N–H and O–H groups in total. The molecule has 0 aliphatic carbocycles. The molecule has 9 nitrogen and oxygen atoms in total. The Morgan fingerprint density at radius 1 is 0.408 bits per heavy atom. The molecular weight excluding hydrogens is 947 g/mol. The number of carboxylic acids is 1. The maximum absolute atomic E-state index is 12.9. The molecule has 0 fully saturated rings. The Morgan fingerprint density at radius 2 is 0.750 bits per heavy atom. The largest absolute Gasteiger partial charge is 0.545 e. The molecule has 0 bridgehead atoms. The number of carbonyl (C=O) groups is 3. The van der Waals surface area contributed by atoms with Gasteiger partial charge in [0.05, 0.1) is 40.3 Å². The second-order valence-electron chi connectivity index (χ2n) is 21.6. The number of aliphatic carboxylic acids is 1. The molecule has 0 heterocycles. The summed E-state index contributed by atoms with van der Waals surface area (Å²) in [6.07, 6.45) is 74.6. The molecule has 0 aromatic rings. The molecule has 0 aromatic carbocycles. The molecule has 436 valence electrons. The molecule has 0 aromatic heterocycles. The lowest BCUT2D eigenvalue weighted by Crippen LogP contribution is -2.44. The number of allylic oxidation sites excluding steroid dienone is 16. The number of nitrogens with zero attached hydrogens (tertiary/aromatic N) is 1. The first-order chi connectivity index (χ1) is 37.1. The minimum atomic E-state index is -1.63. The van der Waals surface area contributed by atoms with E-state index in [1.165, 1.54) is 122 Å². The van der Waals surface area contributed by atoms with Crippen molar-refractivity contribution in [2.75, 3.05) is 47.5 Å². The molecule has 9 heteroatoms. The molecule has 0 aliphatic rings. The van der Waals surface area contributed by atoms with E-state index in [2.05, 4.69) is 111 Å². The Hall–Kier alpha value is -3.79. The van der Waals surface area contributed by atoms with Gasteiger partial charge >= 0.3 is 11.9 Å². The first-order valence-corrected chi connectivity index (χ1v) is 30.9. The summed E-state index contributed by atoms with van der Waals surface area (Å²) in [7, 11) is 5.92.